The van der Waals surface area contributed by atoms with Gasteiger partial charge in [0.15, 0.2) is 0 Å². The fourth-order valence-electron chi connectivity index (χ4n) is 2.23. The van der Waals surface area contributed by atoms with Crippen molar-refractivity contribution in [2.75, 3.05) is 0 Å². The molecule has 2 nitrogen and oxygen atoms in total. The van der Waals surface area contributed by atoms with Crippen molar-refractivity contribution >= 4 is 23.2 Å². The fourth-order valence-corrected chi connectivity index (χ4v) is 2.42. The van der Waals surface area contributed by atoms with Gasteiger partial charge in [0.1, 0.15) is 0 Å². The Kier molecular flexibility index (Phi) is 5.56. The molecule has 2 rings (SSSR count). The Bertz CT molecular complexity index is 692. The number of halogens is 1. The maximum Gasteiger partial charge on any atom is 0.224 e. The van der Waals surface area contributed by atoms with E-state index < -0.39 is 0 Å². The minimum absolute atomic E-state index is 0.0306. The number of amides is 1. The summed E-state index contributed by atoms with van der Waals surface area (Å²) in [6, 6.07) is 17.3. The van der Waals surface area contributed by atoms with Crippen LogP contribution >= 0.6 is 11.6 Å². The third-order valence-corrected chi connectivity index (χ3v) is 3.49. The van der Waals surface area contributed by atoms with Gasteiger partial charge in [0.2, 0.25) is 5.91 Å². The molecule has 2 aromatic carbocycles. The van der Waals surface area contributed by atoms with Crippen molar-refractivity contribution in [2.45, 2.75) is 13.5 Å². The van der Waals surface area contributed by atoms with Crippen molar-refractivity contribution in [2.24, 2.45) is 0 Å². The van der Waals surface area contributed by atoms with Crippen LogP contribution in [0.5, 0.6) is 0 Å². The molecule has 2 aromatic rings. The Balaban J connectivity index is 2.40. The van der Waals surface area contributed by atoms with Crippen LogP contribution in [0.15, 0.2) is 73.3 Å². The van der Waals surface area contributed by atoms with Crippen LogP contribution in [0, 0.1) is 0 Å². The number of carbonyl (C=O) groups excluding carboxylic acids is 1. The Labute approximate surface area is 136 Å². The third-order valence-electron chi connectivity index (χ3n) is 3.25. The van der Waals surface area contributed by atoms with Crippen LogP contribution in [0.3, 0.4) is 0 Å². The predicted molar refractivity (Wildman–Crippen MR) is 92.3 cm³/mol. The summed E-state index contributed by atoms with van der Waals surface area (Å²) in [4.78, 5) is 13.9. The molecule has 0 unspecified atom stereocenters. The minimum atomic E-state index is -0.0306. The van der Waals surface area contributed by atoms with Crippen molar-refractivity contribution in [3.05, 3.63) is 89.5 Å². The van der Waals surface area contributed by atoms with Gasteiger partial charge in [0.25, 0.3) is 0 Å². The normalized spacial score (nSPS) is 11.1. The molecule has 0 radical (unpaired) electrons. The predicted octanol–water partition coefficient (Wildman–Crippen LogP) is 4.92. The highest BCUT2D eigenvalue weighted by molar-refractivity contribution is 6.30. The number of carbonyl (C=O) groups is 1. The second-order valence-electron chi connectivity index (χ2n) is 4.89. The molecule has 0 saturated heterocycles. The molecule has 0 fully saturated rings. The van der Waals surface area contributed by atoms with Crippen molar-refractivity contribution < 1.29 is 4.79 Å². The van der Waals surface area contributed by atoms with E-state index in [4.69, 9.17) is 11.6 Å². The first kappa shape index (κ1) is 16.1. The zero-order valence-corrected chi connectivity index (χ0v) is 13.3. The van der Waals surface area contributed by atoms with Gasteiger partial charge in [-0.3, -0.25) is 4.79 Å². The third kappa shape index (κ3) is 4.09. The number of nitrogens with zero attached hydrogens (tertiary/aromatic N) is 1. The van der Waals surface area contributed by atoms with E-state index in [2.05, 4.69) is 6.58 Å². The Hall–Kier alpha value is -2.32. The quantitative estimate of drug-likeness (QED) is 0.718. The van der Waals surface area contributed by atoms with E-state index in [1.807, 2.05) is 60.7 Å². The van der Waals surface area contributed by atoms with E-state index in [1.165, 1.54) is 0 Å². The van der Waals surface area contributed by atoms with Gasteiger partial charge in [-0.2, -0.15) is 0 Å². The second kappa shape index (κ2) is 7.62. The summed E-state index contributed by atoms with van der Waals surface area (Å²) < 4.78 is 0. The van der Waals surface area contributed by atoms with Crippen molar-refractivity contribution in [3.63, 3.8) is 0 Å². The summed E-state index contributed by atoms with van der Waals surface area (Å²) in [5.41, 5.74) is 2.74. The summed E-state index contributed by atoms with van der Waals surface area (Å²) >= 11 is 6.08. The molecule has 0 aromatic heterocycles. The Morgan fingerprint density at radius 2 is 1.91 bits per heavy atom. The average Bonchev–Trinajstić information content (AvgIpc) is 2.51. The molecule has 22 heavy (non-hydrogen) atoms. The standard InChI is InChI=1S/C19H18ClNO/c1-3-8-19(17-11-7-12-18(20)13-17)21(15(2)22)14-16-9-5-4-6-10-16/h3-13H,1,14H2,2H3/b19-8-. The van der Waals surface area contributed by atoms with E-state index in [9.17, 15) is 4.79 Å². The molecular weight excluding hydrogens is 294 g/mol. The van der Waals surface area contributed by atoms with E-state index in [-0.39, 0.29) is 5.91 Å². The second-order valence-corrected chi connectivity index (χ2v) is 5.33. The largest absolute Gasteiger partial charge is 0.308 e. The molecular formula is C19H18ClNO. The molecule has 0 aliphatic rings. The van der Waals surface area contributed by atoms with Crippen LogP contribution in [0.25, 0.3) is 5.70 Å². The lowest BCUT2D eigenvalue weighted by Gasteiger charge is -2.25. The zero-order chi connectivity index (χ0) is 15.9. The zero-order valence-electron chi connectivity index (χ0n) is 12.5. The summed E-state index contributed by atoms with van der Waals surface area (Å²) in [6.45, 7) is 5.81. The summed E-state index contributed by atoms with van der Waals surface area (Å²) in [6.07, 6.45) is 3.51. The molecule has 0 atom stereocenters. The fraction of sp³-hybridized carbons (Fsp3) is 0.105. The summed E-state index contributed by atoms with van der Waals surface area (Å²) in [5.74, 6) is -0.0306. The Morgan fingerprint density at radius 3 is 2.50 bits per heavy atom. The molecule has 0 N–H and O–H groups in total. The first-order chi connectivity index (χ1) is 10.6. The number of hydrogen-bond acceptors (Lipinski definition) is 1. The molecule has 0 spiro atoms. The van der Waals surface area contributed by atoms with Crippen LogP contribution in [0.1, 0.15) is 18.1 Å². The molecule has 0 heterocycles. The highest BCUT2D eigenvalue weighted by Crippen LogP contribution is 2.24. The topological polar surface area (TPSA) is 20.3 Å². The lowest BCUT2D eigenvalue weighted by molar-refractivity contribution is -0.126. The van der Waals surface area contributed by atoms with Crippen molar-refractivity contribution in [1.29, 1.82) is 0 Å². The van der Waals surface area contributed by atoms with E-state index in [0.29, 0.717) is 11.6 Å². The van der Waals surface area contributed by atoms with Gasteiger partial charge < -0.3 is 4.90 Å². The molecule has 1 amide bonds. The maximum atomic E-state index is 12.1. The van der Waals surface area contributed by atoms with Crippen LogP contribution in [-0.2, 0) is 11.3 Å². The van der Waals surface area contributed by atoms with E-state index in [1.54, 1.807) is 17.9 Å². The smallest absolute Gasteiger partial charge is 0.224 e. The number of benzene rings is 2. The summed E-state index contributed by atoms with van der Waals surface area (Å²) in [5, 5.41) is 0.635. The van der Waals surface area contributed by atoms with Gasteiger partial charge in [0, 0.05) is 11.9 Å². The van der Waals surface area contributed by atoms with E-state index in [0.717, 1.165) is 16.8 Å². The first-order valence-electron chi connectivity index (χ1n) is 7.02. The van der Waals surface area contributed by atoms with E-state index >= 15 is 0 Å². The molecule has 3 heteroatoms. The first-order valence-corrected chi connectivity index (χ1v) is 7.40. The van der Waals surface area contributed by atoms with Crippen molar-refractivity contribution in [1.82, 2.24) is 4.90 Å². The van der Waals surface area contributed by atoms with Crippen LogP contribution in [0.2, 0.25) is 5.02 Å². The van der Waals surface area contributed by atoms with Gasteiger partial charge in [-0.05, 0) is 29.3 Å². The monoisotopic (exact) mass is 311 g/mol. The molecule has 0 aliphatic carbocycles. The molecule has 0 bridgehead atoms. The van der Waals surface area contributed by atoms with Gasteiger partial charge in [-0.25, -0.2) is 0 Å². The SMILES string of the molecule is C=C/C=C(/c1cccc(Cl)c1)N(Cc1ccccc1)C(C)=O. The van der Waals surface area contributed by atoms with Gasteiger partial charge in [0.05, 0.1) is 12.2 Å². The molecule has 0 aliphatic heterocycles. The number of rotatable bonds is 5. The van der Waals surface area contributed by atoms with Gasteiger partial charge >= 0.3 is 0 Å². The average molecular weight is 312 g/mol. The maximum absolute atomic E-state index is 12.1. The van der Waals surface area contributed by atoms with Crippen LogP contribution in [-0.4, -0.2) is 10.8 Å². The molecule has 0 saturated carbocycles. The summed E-state index contributed by atoms with van der Waals surface area (Å²) in [7, 11) is 0. The highest BCUT2D eigenvalue weighted by Gasteiger charge is 2.16. The minimum Gasteiger partial charge on any atom is -0.308 e. The highest BCUT2D eigenvalue weighted by atomic mass is 35.5. The van der Waals surface area contributed by atoms with Gasteiger partial charge in [-0.1, -0.05) is 66.7 Å². The Morgan fingerprint density at radius 1 is 1.18 bits per heavy atom. The lowest BCUT2D eigenvalue weighted by atomic mass is 10.1. The van der Waals surface area contributed by atoms with Crippen LogP contribution < -0.4 is 0 Å². The van der Waals surface area contributed by atoms with Crippen molar-refractivity contribution in [3.8, 4) is 0 Å². The molecule has 112 valence electrons. The lowest BCUT2D eigenvalue weighted by Crippen LogP contribution is -2.26. The number of allylic oxidation sites excluding steroid dienone is 2. The number of hydrogen-bond donors (Lipinski definition) is 0. The van der Waals surface area contributed by atoms with Crippen LogP contribution in [0.4, 0.5) is 0 Å². The van der Waals surface area contributed by atoms with Gasteiger partial charge in [-0.15, -0.1) is 0 Å².